The molecule has 3 rings (SSSR count). The van der Waals surface area contributed by atoms with Gasteiger partial charge in [0.1, 0.15) is 6.61 Å². The van der Waals surface area contributed by atoms with Crippen molar-refractivity contribution < 1.29 is 17.9 Å². The van der Waals surface area contributed by atoms with Crippen LogP contribution in [-0.4, -0.2) is 70.1 Å². The Balaban J connectivity index is 1.78. The van der Waals surface area contributed by atoms with E-state index in [0.29, 0.717) is 31.9 Å². The molecule has 0 aliphatic carbocycles. The molecule has 2 fully saturated rings. The van der Waals surface area contributed by atoms with Crippen molar-refractivity contribution in [2.75, 3.05) is 51.3 Å². The minimum absolute atomic E-state index is 0.258. The first-order chi connectivity index (χ1) is 10.5. The van der Waals surface area contributed by atoms with E-state index in [-0.39, 0.29) is 4.90 Å². The molecule has 8 heteroatoms. The molecule has 0 unspecified atom stereocenters. The molecule has 0 saturated carbocycles. The maximum absolute atomic E-state index is 12.6. The van der Waals surface area contributed by atoms with E-state index in [0.717, 1.165) is 13.1 Å². The molecule has 0 bridgehead atoms. The Labute approximate surface area is 130 Å². The molecule has 2 heterocycles. The van der Waals surface area contributed by atoms with Crippen LogP contribution in [0, 0.1) is 0 Å². The van der Waals surface area contributed by atoms with Crippen LogP contribution in [0.15, 0.2) is 29.2 Å². The van der Waals surface area contributed by atoms with Crippen LogP contribution in [0.4, 0.5) is 10.5 Å². The first kappa shape index (κ1) is 15.3. The van der Waals surface area contributed by atoms with Gasteiger partial charge in [-0.2, -0.15) is 4.31 Å². The number of carbonyl (C=O) groups is 1. The van der Waals surface area contributed by atoms with Crippen molar-refractivity contribution in [3.63, 3.8) is 0 Å². The smallest absolute Gasteiger partial charge is 0.414 e. The van der Waals surface area contributed by atoms with Crippen molar-refractivity contribution in [3.05, 3.63) is 24.3 Å². The minimum Gasteiger partial charge on any atom is -0.447 e. The summed E-state index contributed by atoms with van der Waals surface area (Å²) in [6.07, 6.45) is -0.394. The lowest BCUT2D eigenvalue weighted by Crippen LogP contribution is -2.47. The molecule has 1 amide bonds. The van der Waals surface area contributed by atoms with Crippen molar-refractivity contribution in [1.82, 2.24) is 9.21 Å². The summed E-state index contributed by atoms with van der Waals surface area (Å²) in [7, 11) is -1.49. The van der Waals surface area contributed by atoms with Gasteiger partial charge in [-0.1, -0.05) is 0 Å². The summed E-state index contributed by atoms with van der Waals surface area (Å²) in [6.45, 7) is 3.31. The summed E-state index contributed by atoms with van der Waals surface area (Å²) in [4.78, 5) is 15.4. The molecule has 0 spiro atoms. The lowest BCUT2D eigenvalue weighted by atomic mass is 10.3. The molecule has 7 nitrogen and oxygen atoms in total. The van der Waals surface area contributed by atoms with Crippen molar-refractivity contribution >= 4 is 21.8 Å². The SMILES string of the molecule is CN1CCN(S(=O)(=O)c2ccc(N3CCOC3=O)cc2)CC1. The Bertz CT molecular complexity index is 651. The van der Waals surface area contributed by atoms with Gasteiger partial charge in [-0.05, 0) is 31.3 Å². The summed E-state index contributed by atoms with van der Waals surface area (Å²) in [5, 5.41) is 0. The van der Waals surface area contributed by atoms with Gasteiger partial charge in [-0.3, -0.25) is 4.90 Å². The number of rotatable bonds is 3. The van der Waals surface area contributed by atoms with E-state index in [1.807, 2.05) is 7.05 Å². The molecule has 2 aliphatic heterocycles. The van der Waals surface area contributed by atoms with Crippen LogP contribution >= 0.6 is 0 Å². The van der Waals surface area contributed by atoms with Gasteiger partial charge in [-0.25, -0.2) is 13.2 Å². The summed E-state index contributed by atoms with van der Waals surface area (Å²) < 4.78 is 31.6. The van der Waals surface area contributed by atoms with Gasteiger partial charge in [0.05, 0.1) is 11.4 Å². The Morgan fingerprint density at radius 1 is 1.00 bits per heavy atom. The molecule has 1 aromatic carbocycles. The topological polar surface area (TPSA) is 70.2 Å². The van der Waals surface area contributed by atoms with Crippen LogP contribution in [0.5, 0.6) is 0 Å². The number of carbonyl (C=O) groups excluding carboxylic acids is 1. The van der Waals surface area contributed by atoms with Gasteiger partial charge in [0, 0.05) is 31.9 Å². The zero-order valence-corrected chi connectivity index (χ0v) is 13.3. The number of benzene rings is 1. The third-order valence-corrected chi connectivity index (χ3v) is 5.92. The molecule has 0 radical (unpaired) electrons. The van der Waals surface area contributed by atoms with Crippen LogP contribution in [0.1, 0.15) is 0 Å². The lowest BCUT2D eigenvalue weighted by molar-refractivity contribution is 0.181. The van der Waals surface area contributed by atoms with E-state index in [1.165, 1.54) is 9.21 Å². The van der Waals surface area contributed by atoms with Crippen LogP contribution in [0.3, 0.4) is 0 Å². The minimum atomic E-state index is -3.47. The molecular weight excluding hydrogens is 306 g/mol. The van der Waals surface area contributed by atoms with Gasteiger partial charge < -0.3 is 9.64 Å². The average Bonchev–Trinajstić information content (AvgIpc) is 2.94. The first-order valence-electron chi connectivity index (χ1n) is 7.21. The van der Waals surface area contributed by atoms with E-state index >= 15 is 0 Å². The highest BCUT2D eigenvalue weighted by Gasteiger charge is 2.28. The molecule has 2 aliphatic rings. The predicted octanol–water partition coefficient (Wildman–Crippen LogP) is 0.579. The number of amides is 1. The van der Waals surface area contributed by atoms with Crippen molar-refractivity contribution in [3.8, 4) is 0 Å². The molecule has 120 valence electrons. The summed E-state index contributed by atoms with van der Waals surface area (Å²) in [5.74, 6) is 0. The zero-order valence-electron chi connectivity index (χ0n) is 12.4. The van der Waals surface area contributed by atoms with Crippen LogP contribution in [0.2, 0.25) is 0 Å². The normalized spacial score (nSPS) is 21.1. The molecule has 1 aromatic rings. The van der Waals surface area contributed by atoms with Gasteiger partial charge in [0.15, 0.2) is 0 Å². The number of ether oxygens (including phenoxy) is 1. The number of cyclic esters (lactones) is 1. The van der Waals surface area contributed by atoms with Crippen molar-refractivity contribution in [1.29, 1.82) is 0 Å². The fraction of sp³-hybridized carbons (Fsp3) is 0.500. The van der Waals surface area contributed by atoms with Crippen LogP contribution < -0.4 is 4.90 Å². The van der Waals surface area contributed by atoms with E-state index in [4.69, 9.17) is 4.74 Å². The molecule has 2 saturated heterocycles. The second-order valence-electron chi connectivity index (χ2n) is 5.47. The Morgan fingerprint density at radius 2 is 1.64 bits per heavy atom. The largest absolute Gasteiger partial charge is 0.447 e. The van der Waals surface area contributed by atoms with E-state index in [2.05, 4.69) is 4.90 Å². The predicted molar refractivity (Wildman–Crippen MR) is 81.4 cm³/mol. The van der Waals surface area contributed by atoms with E-state index in [1.54, 1.807) is 24.3 Å². The Morgan fingerprint density at radius 3 is 2.18 bits per heavy atom. The van der Waals surface area contributed by atoms with Gasteiger partial charge >= 0.3 is 6.09 Å². The van der Waals surface area contributed by atoms with Gasteiger partial charge in [-0.15, -0.1) is 0 Å². The molecule has 0 aromatic heterocycles. The second kappa shape index (κ2) is 5.86. The number of sulfonamides is 1. The standard InChI is InChI=1S/C14H19N3O4S/c1-15-6-8-16(9-7-15)22(19,20)13-4-2-12(3-5-13)17-10-11-21-14(17)18/h2-5H,6-11H2,1H3. The highest BCUT2D eigenvalue weighted by Crippen LogP contribution is 2.23. The fourth-order valence-corrected chi connectivity index (χ4v) is 4.03. The average molecular weight is 325 g/mol. The quantitative estimate of drug-likeness (QED) is 0.813. The third-order valence-electron chi connectivity index (χ3n) is 4.01. The molecular formula is C14H19N3O4S. The van der Waals surface area contributed by atoms with Crippen molar-refractivity contribution in [2.24, 2.45) is 0 Å². The monoisotopic (exact) mass is 325 g/mol. The number of piperazine rings is 1. The maximum atomic E-state index is 12.6. The molecule has 0 atom stereocenters. The maximum Gasteiger partial charge on any atom is 0.414 e. The summed E-state index contributed by atoms with van der Waals surface area (Å²) >= 11 is 0. The summed E-state index contributed by atoms with van der Waals surface area (Å²) in [6, 6.07) is 6.40. The second-order valence-corrected chi connectivity index (χ2v) is 7.41. The van der Waals surface area contributed by atoms with Crippen molar-refractivity contribution in [2.45, 2.75) is 4.90 Å². The number of anilines is 1. The first-order valence-corrected chi connectivity index (χ1v) is 8.65. The number of likely N-dealkylation sites (N-methyl/N-ethyl adjacent to an activating group) is 1. The third kappa shape index (κ3) is 2.81. The zero-order chi connectivity index (χ0) is 15.7. The van der Waals surface area contributed by atoms with E-state index < -0.39 is 16.1 Å². The van der Waals surface area contributed by atoms with Gasteiger partial charge in [0.2, 0.25) is 10.0 Å². The van der Waals surface area contributed by atoms with Crippen LogP contribution in [0.25, 0.3) is 0 Å². The van der Waals surface area contributed by atoms with Gasteiger partial charge in [0.25, 0.3) is 0 Å². The Hall–Kier alpha value is -1.64. The molecule has 0 N–H and O–H groups in total. The molecule has 22 heavy (non-hydrogen) atoms. The fourth-order valence-electron chi connectivity index (χ4n) is 2.60. The number of hydrogen-bond acceptors (Lipinski definition) is 5. The lowest BCUT2D eigenvalue weighted by Gasteiger charge is -2.31. The summed E-state index contributed by atoms with van der Waals surface area (Å²) in [5.41, 5.74) is 0.653. The highest BCUT2D eigenvalue weighted by molar-refractivity contribution is 7.89. The number of nitrogens with zero attached hydrogens (tertiary/aromatic N) is 3. The Kier molecular flexibility index (Phi) is 4.07. The number of hydrogen-bond donors (Lipinski definition) is 0. The highest BCUT2D eigenvalue weighted by atomic mass is 32.2. The van der Waals surface area contributed by atoms with Crippen LogP contribution in [-0.2, 0) is 14.8 Å². The van der Waals surface area contributed by atoms with E-state index in [9.17, 15) is 13.2 Å².